The molecule has 0 aliphatic carbocycles. The number of carbonyl (C=O) groups is 2. The van der Waals surface area contributed by atoms with Gasteiger partial charge in [-0.15, -0.1) is 0 Å². The third kappa shape index (κ3) is 3.73. The molecule has 2 aliphatic rings. The van der Waals surface area contributed by atoms with E-state index < -0.39 is 5.91 Å². The number of anilines is 1. The van der Waals surface area contributed by atoms with Gasteiger partial charge in [0.2, 0.25) is 5.91 Å². The first-order valence-corrected chi connectivity index (χ1v) is 11.4. The highest BCUT2D eigenvalue weighted by Gasteiger charge is 2.34. The second-order valence-electron chi connectivity index (χ2n) is 9.59. The summed E-state index contributed by atoms with van der Waals surface area (Å²) in [6.07, 6.45) is 4.12. The summed E-state index contributed by atoms with van der Waals surface area (Å²) in [5, 5.41) is 4.70. The quantitative estimate of drug-likeness (QED) is 0.581. The van der Waals surface area contributed by atoms with Crippen molar-refractivity contribution in [3.8, 4) is 17.0 Å². The van der Waals surface area contributed by atoms with Gasteiger partial charge in [0.05, 0.1) is 11.7 Å². The van der Waals surface area contributed by atoms with E-state index in [4.69, 9.17) is 21.3 Å². The van der Waals surface area contributed by atoms with Gasteiger partial charge < -0.3 is 21.1 Å². The maximum Gasteiger partial charge on any atom is 0.254 e. The van der Waals surface area contributed by atoms with Crippen LogP contribution in [-0.4, -0.2) is 69.1 Å². The minimum absolute atomic E-state index is 0.293. The van der Waals surface area contributed by atoms with Gasteiger partial charge in [-0.25, -0.2) is 9.50 Å². The fourth-order valence-corrected chi connectivity index (χ4v) is 4.92. The Morgan fingerprint density at radius 1 is 1.15 bits per heavy atom. The number of aromatic nitrogens is 3. The number of fused-ring (bicyclic) bond motifs is 2. The van der Waals surface area contributed by atoms with Crippen LogP contribution in [0.15, 0.2) is 30.6 Å². The molecule has 10 heteroatoms. The molecule has 1 saturated heterocycles. The summed E-state index contributed by atoms with van der Waals surface area (Å²) >= 11 is 0. The molecule has 5 rings (SSSR count). The lowest BCUT2D eigenvalue weighted by molar-refractivity contribution is -0.122. The maximum absolute atomic E-state index is 12.5. The highest BCUT2D eigenvalue weighted by Crippen LogP contribution is 2.44. The Labute approximate surface area is 197 Å². The van der Waals surface area contributed by atoms with Crippen molar-refractivity contribution in [1.29, 1.82) is 0 Å². The fraction of sp³-hybridized carbons (Fsp3) is 0.417. The molecule has 4 heterocycles. The van der Waals surface area contributed by atoms with Crippen molar-refractivity contribution < 1.29 is 14.3 Å². The molecule has 0 saturated carbocycles. The average molecular weight is 464 g/mol. The normalized spacial score (nSPS) is 18.5. The van der Waals surface area contributed by atoms with Crippen molar-refractivity contribution >= 4 is 23.1 Å². The molecule has 34 heavy (non-hydrogen) atoms. The summed E-state index contributed by atoms with van der Waals surface area (Å²) in [6, 6.07) is 5.53. The highest BCUT2D eigenvalue weighted by atomic mass is 16.5. The van der Waals surface area contributed by atoms with Gasteiger partial charge in [0.15, 0.2) is 5.65 Å². The lowest BCUT2D eigenvalue weighted by Gasteiger charge is -2.38. The third-order valence-corrected chi connectivity index (χ3v) is 6.69. The fourth-order valence-electron chi connectivity index (χ4n) is 4.92. The molecule has 1 atom stereocenters. The Morgan fingerprint density at radius 3 is 2.56 bits per heavy atom. The van der Waals surface area contributed by atoms with Crippen LogP contribution in [0.25, 0.3) is 16.9 Å². The molecule has 0 spiro atoms. The summed E-state index contributed by atoms with van der Waals surface area (Å²) in [4.78, 5) is 32.8. The van der Waals surface area contributed by atoms with E-state index in [2.05, 4.69) is 34.7 Å². The summed E-state index contributed by atoms with van der Waals surface area (Å²) in [6.45, 7) is 8.68. The molecule has 0 bridgehead atoms. The number of piperazine rings is 1. The summed E-state index contributed by atoms with van der Waals surface area (Å²) in [5.41, 5.74) is 15.0. The van der Waals surface area contributed by atoms with E-state index in [1.807, 2.05) is 13.0 Å². The lowest BCUT2D eigenvalue weighted by atomic mass is 9.96. The third-order valence-electron chi connectivity index (χ3n) is 6.69. The van der Waals surface area contributed by atoms with Crippen molar-refractivity contribution in [2.75, 3.05) is 31.1 Å². The minimum atomic E-state index is -0.577. The second-order valence-corrected chi connectivity index (χ2v) is 9.59. The molecular formula is C24H29N7O3. The number of ether oxygens (including phenoxy) is 1. The molecule has 3 aromatic rings. The van der Waals surface area contributed by atoms with Crippen LogP contribution >= 0.6 is 0 Å². The maximum atomic E-state index is 12.5. The van der Waals surface area contributed by atoms with Crippen LogP contribution in [0.4, 0.5) is 5.69 Å². The van der Waals surface area contributed by atoms with Gasteiger partial charge >= 0.3 is 0 Å². The number of primary amides is 2. The van der Waals surface area contributed by atoms with E-state index in [0.29, 0.717) is 43.1 Å². The highest BCUT2D eigenvalue weighted by molar-refractivity contribution is 6.06. The Bertz CT molecular complexity index is 1290. The van der Waals surface area contributed by atoms with E-state index in [9.17, 15) is 9.59 Å². The van der Waals surface area contributed by atoms with Crippen molar-refractivity contribution in [3.63, 3.8) is 0 Å². The van der Waals surface area contributed by atoms with Gasteiger partial charge in [-0.05, 0) is 38.5 Å². The van der Waals surface area contributed by atoms with Crippen LogP contribution in [0.1, 0.15) is 36.7 Å². The molecule has 2 aliphatic heterocycles. The van der Waals surface area contributed by atoms with Gasteiger partial charge in [0.25, 0.3) is 5.91 Å². The lowest BCUT2D eigenvalue weighted by Crippen LogP contribution is -2.53. The molecule has 178 valence electrons. The zero-order chi connectivity index (χ0) is 24.2. The predicted octanol–water partition coefficient (Wildman–Crippen LogP) is 1.20. The van der Waals surface area contributed by atoms with E-state index >= 15 is 0 Å². The molecule has 10 nitrogen and oxygen atoms in total. The molecule has 2 aromatic heterocycles. The number of benzene rings is 1. The van der Waals surface area contributed by atoms with Crippen molar-refractivity contribution in [1.82, 2.24) is 19.5 Å². The van der Waals surface area contributed by atoms with Crippen molar-refractivity contribution in [2.24, 2.45) is 11.5 Å². The molecule has 2 amide bonds. The largest absolute Gasteiger partial charge is 0.487 e. The molecule has 0 radical (unpaired) electrons. The predicted molar refractivity (Wildman–Crippen MR) is 128 cm³/mol. The van der Waals surface area contributed by atoms with E-state index in [1.54, 1.807) is 23.0 Å². The number of nitrogens with two attached hydrogens (primary N) is 2. The van der Waals surface area contributed by atoms with E-state index in [0.717, 1.165) is 29.0 Å². The zero-order valence-electron chi connectivity index (χ0n) is 19.6. The van der Waals surface area contributed by atoms with Crippen LogP contribution in [0, 0.1) is 0 Å². The van der Waals surface area contributed by atoms with Crippen LogP contribution in [0.5, 0.6) is 5.75 Å². The van der Waals surface area contributed by atoms with E-state index in [1.165, 1.54) is 0 Å². The Kier molecular flexibility index (Phi) is 5.20. The molecule has 1 fully saturated rings. The van der Waals surface area contributed by atoms with Crippen LogP contribution in [0.3, 0.4) is 0 Å². The van der Waals surface area contributed by atoms with Gasteiger partial charge in [0.1, 0.15) is 22.6 Å². The van der Waals surface area contributed by atoms with Gasteiger partial charge in [-0.3, -0.25) is 14.5 Å². The average Bonchev–Trinajstić information content (AvgIpc) is 3.33. The smallest absolute Gasteiger partial charge is 0.254 e. The standard InChI is InChI=1S/C24H29N7O3/c1-14(21(25)32)29-7-9-30(10-8-29)17-12-18-15(13-24(2,3)34-18)11-16(17)20-19(22(26)33)23-27-5-4-6-31(23)28-20/h4-6,11-12,14H,7-10,13H2,1-3H3,(H2,25,32)(H2,26,33)/t14-/m0/s1. The first-order valence-electron chi connectivity index (χ1n) is 11.4. The summed E-state index contributed by atoms with van der Waals surface area (Å²) in [5.74, 6) is -0.0726. The van der Waals surface area contributed by atoms with Gasteiger partial charge in [0, 0.05) is 56.6 Å². The van der Waals surface area contributed by atoms with Crippen LogP contribution < -0.4 is 21.1 Å². The summed E-state index contributed by atoms with van der Waals surface area (Å²) < 4.78 is 7.80. The minimum Gasteiger partial charge on any atom is -0.487 e. The number of nitrogens with zero attached hydrogens (tertiary/aromatic N) is 5. The number of amides is 2. The Hall–Kier alpha value is -3.66. The summed E-state index contributed by atoms with van der Waals surface area (Å²) in [7, 11) is 0. The molecular weight excluding hydrogens is 434 g/mol. The Morgan fingerprint density at radius 2 is 1.88 bits per heavy atom. The number of hydrogen-bond donors (Lipinski definition) is 2. The van der Waals surface area contributed by atoms with Crippen molar-refractivity contribution in [3.05, 3.63) is 41.7 Å². The second kappa shape index (κ2) is 7.98. The molecule has 1 aromatic carbocycles. The molecule has 0 unspecified atom stereocenters. The monoisotopic (exact) mass is 463 g/mol. The van der Waals surface area contributed by atoms with Gasteiger partial charge in [-0.2, -0.15) is 5.10 Å². The molecule has 4 N–H and O–H groups in total. The van der Waals surface area contributed by atoms with Crippen LogP contribution in [0.2, 0.25) is 0 Å². The zero-order valence-corrected chi connectivity index (χ0v) is 19.6. The first-order chi connectivity index (χ1) is 16.1. The Balaban J connectivity index is 1.62. The van der Waals surface area contributed by atoms with E-state index in [-0.39, 0.29) is 17.6 Å². The van der Waals surface area contributed by atoms with Crippen LogP contribution in [-0.2, 0) is 11.2 Å². The topological polar surface area (TPSA) is 132 Å². The number of rotatable bonds is 5. The number of carbonyl (C=O) groups excluding carboxylic acids is 2. The van der Waals surface area contributed by atoms with Gasteiger partial charge in [-0.1, -0.05) is 0 Å². The SMILES string of the molecule is C[C@@H](C(N)=O)N1CCN(c2cc3c(cc2-c2nn4cccnc4c2C(N)=O)CC(C)(C)O3)CC1. The van der Waals surface area contributed by atoms with Crippen molar-refractivity contribution in [2.45, 2.75) is 38.8 Å². The number of hydrogen-bond acceptors (Lipinski definition) is 7. The first kappa shape index (κ1) is 22.1.